The molecule has 1 aliphatic rings. The molecule has 0 unspecified atom stereocenters. The molecule has 1 amide bonds. The van der Waals surface area contributed by atoms with Gasteiger partial charge < -0.3 is 19.7 Å². The molecule has 2 rings (SSSR count). The number of rotatable bonds is 6. The Bertz CT molecular complexity index is 525. The van der Waals surface area contributed by atoms with Gasteiger partial charge in [0.1, 0.15) is 6.61 Å². The van der Waals surface area contributed by atoms with Gasteiger partial charge in [0.2, 0.25) is 0 Å². The number of nitrogens with zero attached hydrogens (tertiary/aromatic N) is 1. The highest BCUT2D eigenvalue weighted by atomic mass is 35.5. The predicted octanol–water partition coefficient (Wildman–Crippen LogP) is 3.24. The number of halogens is 1. The molecular weight excluding hydrogens is 316 g/mol. The van der Waals surface area contributed by atoms with E-state index in [1.807, 2.05) is 12.1 Å². The Kier molecular flexibility index (Phi) is 6.99. The van der Waals surface area contributed by atoms with Gasteiger partial charge in [0.25, 0.3) is 0 Å². The van der Waals surface area contributed by atoms with Crippen molar-refractivity contribution >= 4 is 23.4 Å². The number of carbonyl (C=O) groups excluding carboxylic acids is 1. The number of anilines is 1. The maximum absolute atomic E-state index is 10.9. The van der Waals surface area contributed by atoms with Crippen molar-refractivity contribution in [2.45, 2.75) is 19.8 Å². The predicted molar refractivity (Wildman–Crippen MR) is 92.4 cm³/mol. The summed E-state index contributed by atoms with van der Waals surface area (Å²) in [6, 6.07) is 6.03. The summed E-state index contributed by atoms with van der Waals surface area (Å²) in [4.78, 5) is 13.3. The van der Waals surface area contributed by atoms with E-state index in [0.29, 0.717) is 19.1 Å². The van der Waals surface area contributed by atoms with Crippen LogP contribution in [0.1, 0.15) is 18.4 Å². The summed E-state index contributed by atoms with van der Waals surface area (Å²) in [7, 11) is 1.54. The van der Waals surface area contributed by atoms with Crippen LogP contribution in [0.4, 0.5) is 10.5 Å². The average molecular weight is 341 g/mol. The first-order valence-electron chi connectivity index (χ1n) is 8.03. The van der Waals surface area contributed by atoms with Crippen molar-refractivity contribution in [3.05, 3.63) is 28.8 Å². The van der Waals surface area contributed by atoms with E-state index in [-0.39, 0.29) is 6.61 Å². The second-order valence-electron chi connectivity index (χ2n) is 5.85. The lowest BCUT2D eigenvalue weighted by Crippen LogP contribution is -2.37. The number of alkyl carbamates (subject to hydrolysis) is 1. The zero-order valence-electron chi connectivity index (χ0n) is 13.8. The molecule has 1 fully saturated rings. The van der Waals surface area contributed by atoms with Crippen LogP contribution in [-0.4, -0.2) is 46.1 Å². The van der Waals surface area contributed by atoms with Gasteiger partial charge in [0.15, 0.2) is 0 Å². The van der Waals surface area contributed by atoms with Crippen LogP contribution in [0, 0.1) is 12.8 Å². The molecule has 0 radical (unpaired) electrons. The minimum atomic E-state index is -0.422. The summed E-state index contributed by atoms with van der Waals surface area (Å²) in [5.41, 5.74) is 2.46. The minimum absolute atomic E-state index is 0.281. The quantitative estimate of drug-likeness (QED) is 0.808. The standard InChI is InChI=1S/C17H25ClN2O3/c1-13-5-6-15(18)10-16(13)20-7-3-4-14(11-20)12-22-8-9-23-17(21)19-2/h5-6,10,14H,3-4,7-9,11-12H2,1-2H3,(H,19,21)/t14-/m1/s1. The second-order valence-corrected chi connectivity index (χ2v) is 6.28. The van der Waals surface area contributed by atoms with Crippen molar-refractivity contribution < 1.29 is 14.3 Å². The zero-order valence-corrected chi connectivity index (χ0v) is 14.6. The maximum atomic E-state index is 10.9. The maximum Gasteiger partial charge on any atom is 0.406 e. The van der Waals surface area contributed by atoms with Crippen molar-refractivity contribution in [1.82, 2.24) is 5.32 Å². The number of benzene rings is 1. The van der Waals surface area contributed by atoms with E-state index >= 15 is 0 Å². The van der Waals surface area contributed by atoms with Gasteiger partial charge in [-0.1, -0.05) is 17.7 Å². The van der Waals surface area contributed by atoms with Crippen LogP contribution in [0.5, 0.6) is 0 Å². The lowest BCUT2D eigenvalue weighted by atomic mass is 9.98. The third-order valence-electron chi connectivity index (χ3n) is 4.05. The van der Waals surface area contributed by atoms with Crippen LogP contribution < -0.4 is 10.2 Å². The highest BCUT2D eigenvalue weighted by Crippen LogP contribution is 2.28. The largest absolute Gasteiger partial charge is 0.447 e. The molecule has 0 aliphatic carbocycles. The topological polar surface area (TPSA) is 50.8 Å². The van der Waals surface area contributed by atoms with Gasteiger partial charge in [-0.05, 0) is 43.4 Å². The highest BCUT2D eigenvalue weighted by molar-refractivity contribution is 6.30. The van der Waals surface area contributed by atoms with Gasteiger partial charge in [0.05, 0.1) is 13.2 Å². The molecule has 1 aromatic carbocycles. The summed E-state index contributed by atoms with van der Waals surface area (Å²) < 4.78 is 10.5. The molecule has 1 saturated heterocycles. The molecule has 0 spiro atoms. The smallest absolute Gasteiger partial charge is 0.406 e. The molecule has 23 heavy (non-hydrogen) atoms. The summed E-state index contributed by atoms with van der Waals surface area (Å²) in [6.07, 6.45) is 1.88. The van der Waals surface area contributed by atoms with E-state index in [1.54, 1.807) is 0 Å². The fourth-order valence-electron chi connectivity index (χ4n) is 2.86. The number of nitrogens with one attached hydrogen (secondary N) is 1. The van der Waals surface area contributed by atoms with Crippen LogP contribution >= 0.6 is 11.6 Å². The first kappa shape index (κ1) is 17.9. The van der Waals surface area contributed by atoms with Gasteiger partial charge in [-0.25, -0.2) is 4.79 Å². The molecule has 1 aromatic rings. The van der Waals surface area contributed by atoms with Gasteiger partial charge in [-0.2, -0.15) is 0 Å². The SMILES string of the molecule is CNC(=O)OCCOC[C@@H]1CCCN(c2cc(Cl)ccc2C)C1. The van der Waals surface area contributed by atoms with E-state index < -0.39 is 6.09 Å². The van der Waals surface area contributed by atoms with Gasteiger partial charge >= 0.3 is 6.09 Å². The van der Waals surface area contributed by atoms with E-state index in [2.05, 4.69) is 23.2 Å². The third-order valence-corrected chi connectivity index (χ3v) is 4.28. The third kappa shape index (κ3) is 5.59. The number of ether oxygens (including phenoxy) is 2. The van der Waals surface area contributed by atoms with Crippen molar-refractivity contribution in [3.8, 4) is 0 Å². The Morgan fingerprint density at radius 2 is 2.26 bits per heavy atom. The Labute approximate surface area is 142 Å². The Morgan fingerprint density at radius 3 is 3.04 bits per heavy atom. The van der Waals surface area contributed by atoms with Crippen molar-refractivity contribution in [2.75, 3.05) is 44.9 Å². The Hall–Kier alpha value is -1.46. The summed E-state index contributed by atoms with van der Waals surface area (Å²) >= 11 is 6.13. The molecule has 128 valence electrons. The monoisotopic (exact) mass is 340 g/mol. The fourth-order valence-corrected chi connectivity index (χ4v) is 3.02. The molecule has 1 N–H and O–H groups in total. The van der Waals surface area contributed by atoms with E-state index in [4.69, 9.17) is 21.1 Å². The van der Waals surface area contributed by atoms with Crippen LogP contribution in [0.15, 0.2) is 18.2 Å². The molecule has 6 heteroatoms. The molecule has 5 nitrogen and oxygen atoms in total. The van der Waals surface area contributed by atoms with Crippen molar-refractivity contribution in [1.29, 1.82) is 0 Å². The van der Waals surface area contributed by atoms with Crippen LogP contribution in [-0.2, 0) is 9.47 Å². The molecule has 1 aliphatic heterocycles. The lowest BCUT2D eigenvalue weighted by molar-refractivity contribution is 0.0528. The molecular formula is C17H25ClN2O3. The minimum Gasteiger partial charge on any atom is -0.447 e. The zero-order chi connectivity index (χ0) is 16.7. The van der Waals surface area contributed by atoms with E-state index in [0.717, 1.165) is 31.0 Å². The number of hydrogen-bond acceptors (Lipinski definition) is 4. The number of amides is 1. The van der Waals surface area contributed by atoms with Crippen LogP contribution in [0.2, 0.25) is 5.02 Å². The first-order valence-corrected chi connectivity index (χ1v) is 8.41. The fraction of sp³-hybridized carbons (Fsp3) is 0.588. The first-order chi connectivity index (χ1) is 11.1. The number of piperidine rings is 1. The lowest BCUT2D eigenvalue weighted by Gasteiger charge is -2.35. The molecule has 0 aromatic heterocycles. The number of aryl methyl sites for hydroxylation is 1. The van der Waals surface area contributed by atoms with Gasteiger partial charge in [0, 0.05) is 30.8 Å². The number of hydrogen-bond donors (Lipinski definition) is 1. The van der Waals surface area contributed by atoms with E-state index in [1.165, 1.54) is 18.3 Å². The highest BCUT2D eigenvalue weighted by Gasteiger charge is 2.21. The summed E-state index contributed by atoms with van der Waals surface area (Å²) in [5, 5.41) is 3.18. The van der Waals surface area contributed by atoms with Crippen LogP contribution in [0.25, 0.3) is 0 Å². The van der Waals surface area contributed by atoms with Crippen molar-refractivity contribution in [3.63, 3.8) is 0 Å². The average Bonchev–Trinajstić information content (AvgIpc) is 2.56. The van der Waals surface area contributed by atoms with Crippen molar-refractivity contribution in [2.24, 2.45) is 5.92 Å². The Morgan fingerprint density at radius 1 is 1.43 bits per heavy atom. The van der Waals surface area contributed by atoms with E-state index in [9.17, 15) is 4.79 Å². The van der Waals surface area contributed by atoms with Gasteiger partial charge in [-0.3, -0.25) is 0 Å². The van der Waals surface area contributed by atoms with Crippen LogP contribution in [0.3, 0.4) is 0 Å². The molecule has 1 heterocycles. The molecule has 1 atom stereocenters. The number of carbonyl (C=O) groups is 1. The van der Waals surface area contributed by atoms with Gasteiger partial charge in [-0.15, -0.1) is 0 Å². The molecule has 0 bridgehead atoms. The summed E-state index contributed by atoms with van der Waals surface area (Å²) in [5.74, 6) is 0.488. The normalized spacial score (nSPS) is 17.9. The molecule has 0 saturated carbocycles. The second kappa shape index (κ2) is 8.99. The Balaban J connectivity index is 1.77. The summed E-state index contributed by atoms with van der Waals surface area (Å²) in [6.45, 7) is 5.54.